The smallest absolute Gasteiger partial charge is 0.128 e. The molecule has 0 spiro atoms. The minimum absolute atomic E-state index is 0.310. The standard InChI is InChI=1S/C21H33N3O4/c1-21(2,3)9-11-26-13-15-28-16-14-27-12-10-24-19(17-22-23-24)18-7-5-6-8-20(18)25-4/h5-8,17H,9-16H2,1-4H3. The Hall–Kier alpha value is -1.96. The summed E-state index contributed by atoms with van der Waals surface area (Å²) in [6.45, 7) is 10.9. The highest BCUT2D eigenvalue weighted by Crippen LogP contribution is 2.28. The number of benzene rings is 1. The molecule has 0 radical (unpaired) electrons. The minimum Gasteiger partial charge on any atom is -0.496 e. The SMILES string of the molecule is COc1ccccc1-c1cnnn1CCOCCOCCOCCC(C)(C)C. The maximum Gasteiger partial charge on any atom is 0.128 e. The van der Waals surface area contributed by atoms with Gasteiger partial charge in [0.2, 0.25) is 0 Å². The molecule has 7 heteroatoms. The third kappa shape index (κ3) is 7.96. The molecule has 0 amide bonds. The molecule has 0 unspecified atom stereocenters. The van der Waals surface area contributed by atoms with Crippen LogP contribution < -0.4 is 4.74 Å². The molecule has 0 fully saturated rings. The summed E-state index contributed by atoms with van der Waals surface area (Å²) in [5.41, 5.74) is 2.18. The summed E-state index contributed by atoms with van der Waals surface area (Å²) in [5.74, 6) is 0.796. The predicted molar refractivity (Wildman–Crippen MR) is 109 cm³/mol. The minimum atomic E-state index is 0.310. The van der Waals surface area contributed by atoms with E-state index in [9.17, 15) is 0 Å². The second kappa shape index (κ2) is 11.8. The molecule has 28 heavy (non-hydrogen) atoms. The van der Waals surface area contributed by atoms with Crippen LogP contribution in [-0.2, 0) is 20.8 Å². The van der Waals surface area contributed by atoms with Gasteiger partial charge in [-0.25, -0.2) is 4.68 Å². The Labute approximate surface area is 167 Å². The van der Waals surface area contributed by atoms with Crippen molar-refractivity contribution in [3.63, 3.8) is 0 Å². The van der Waals surface area contributed by atoms with Crippen molar-refractivity contribution in [2.24, 2.45) is 5.41 Å². The number of rotatable bonds is 13. The Morgan fingerprint density at radius 2 is 1.54 bits per heavy atom. The molecule has 0 bridgehead atoms. The van der Waals surface area contributed by atoms with Gasteiger partial charge < -0.3 is 18.9 Å². The topological polar surface area (TPSA) is 67.6 Å². The molecule has 1 heterocycles. The maximum absolute atomic E-state index is 5.64. The van der Waals surface area contributed by atoms with Crippen molar-refractivity contribution in [2.75, 3.05) is 46.8 Å². The van der Waals surface area contributed by atoms with Crippen LogP contribution in [0.5, 0.6) is 5.75 Å². The molecule has 0 aliphatic rings. The largest absolute Gasteiger partial charge is 0.496 e. The highest BCUT2D eigenvalue weighted by molar-refractivity contribution is 5.66. The van der Waals surface area contributed by atoms with Crippen molar-refractivity contribution in [3.05, 3.63) is 30.5 Å². The molecule has 7 nitrogen and oxygen atoms in total. The second-order valence-corrected chi connectivity index (χ2v) is 7.69. The molecule has 0 atom stereocenters. The van der Waals surface area contributed by atoms with Crippen LogP contribution in [0.2, 0.25) is 0 Å². The molecule has 2 aromatic rings. The van der Waals surface area contributed by atoms with Crippen LogP contribution in [0.4, 0.5) is 0 Å². The average molecular weight is 392 g/mol. The predicted octanol–water partition coefficient (Wildman–Crippen LogP) is 3.44. The highest BCUT2D eigenvalue weighted by Gasteiger charge is 2.11. The lowest BCUT2D eigenvalue weighted by Gasteiger charge is -2.17. The zero-order valence-electron chi connectivity index (χ0n) is 17.5. The molecule has 2 rings (SSSR count). The third-order valence-corrected chi connectivity index (χ3v) is 4.19. The van der Waals surface area contributed by atoms with Crippen molar-refractivity contribution in [1.29, 1.82) is 0 Å². The van der Waals surface area contributed by atoms with Gasteiger partial charge in [0.15, 0.2) is 0 Å². The van der Waals surface area contributed by atoms with E-state index in [2.05, 4.69) is 31.1 Å². The maximum atomic E-state index is 5.64. The van der Waals surface area contributed by atoms with Crippen LogP contribution in [-0.4, -0.2) is 61.7 Å². The number of methoxy groups -OCH3 is 1. The molecule has 0 aliphatic heterocycles. The average Bonchev–Trinajstić information content (AvgIpc) is 3.13. The van der Waals surface area contributed by atoms with Gasteiger partial charge in [-0.2, -0.15) is 0 Å². The van der Waals surface area contributed by atoms with Crippen LogP contribution in [0.15, 0.2) is 30.5 Å². The van der Waals surface area contributed by atoms with E-state index >= 15 is 0 Å². The first-order chi connectivity index (χ1) is 13.5. The summed E-state index contributed by atoms with van der Waals surface area (Å²) in [7, 11) is 1.66. The molecule has 0 aliphatic carbocycles. The summed E-state index contributed by atoms with van der Waals surface area (Å²) in [4.78, 5) is 0. The molecular formula is C21H33N3O4. The zero-order valence-corrected chi connectivity index (χ0v) is 17.5. The van der Waals surface area contributed by atoms with Crippen LogP contribution in [0, 0.1) is 5.41 Å². The Kier molecular flexibility index (Phi) is 9.40. The van der Waals surface area contributed by atoms with Gasteiger partial charge in [-0.3, -0.25) is 0 Å². The Morgan fingerprint density at radius 3 is 2.21 bits per heavy atom. The number of ether oxygens (including phenoxy) is 4. The van der Waals surface area contributed by atoms with Crippen molar-refractivity contribution >= 4 is 0 Å². The summed E-state index contributed by atoms with van der Waals surface area (Å²) < 4.78 is 24.0. The van der Waals surface area contributed by atoms with E-state index in [4.69, 9.17) is 18.9 Å². The van der Waals surface area contributed by atoms with Crippen LogP contribution in [0.3, 0.4) is 0 Å². The normalized spacial score (nSPS) is 11.7. The van der Waals surface area contributed by atoms with Crippen molar-refractivity contribution in [2.45, 2.75) is 33.7 Å². The number of aromatic nitrogens is 3. The molecule has 1 aromatic heterocycles. The van der Waals surface area contributed by atoms with Crippen LogP contribution >= 0.6 is 0 Å². The number of hydrogen-bond donors (Lipinski definition) is 0. The molecule has 0 saturated heterocycles. The monoisotopic (exact) mass is 391 g/mol. The van der Waals surface area contributed by atoms with Crippen LogP contribution in [0.25, 0.3) is 11.3 Å². The van der Waals surface area contributed by atoms with Crippen molar-refractivity contribution in [1.82, 2.24) is 15.0 Å². The first kappa shape index (κ1) is 22.3. The Balaban J connectivity index is 1.58. The fraction of sp³-hybridized carbons (Fsp3) is 0.619. The first-order valence-corrected chi connectivity index (χ1v) is 9.76. The van der Waals surface area contributed by atoms with E-state index in [0.29, 0.717) is 45.0 Å². The van der Waals surface area contributed by atoms with E-state index in [1.165, 1.54) is 0 Å². The van der Waals surface area contributed by atoms with Gasteiger partial charge >= 0.3 is 0 Å². The third-order valence-electron chi connectivity index (χ3n) is 4.19. The lowest BCUT2D eigenvalue weighted by atomic mass is 9.93. The fourth-order valence-electron chi connectivity index (χ4n) is 2.56. The van der Waals surface area contributed by atoms with Crippen molar-refractivity contribution < 1.29 is 18.9 Å². The van der Waals surface area contributed by atoms with E-state index in [1.807, 2.05) is 28.9 Å². The Bertz CT molecular complexity index is 682. The lowest BCUT2D eigenvalue weighted by Crippen LogP contribution is -2.14. The summed E-state index contributed by atoms with van der Waals surface area (Å²) in [6, 6.07) is 7.82. The van der Waals surface area contributed by atoms with E-state index < -0.39 is 0 Å². The number of para-hydroxylation sites is 1. The molecule has 156 valence electrons. The van der Waals surface area contributed by atoms with E-state index in [0.717, 1.165) is 30.0 Å². The van der Waals surface area contributed by atoms with Crippen molar-refractivity contribution in [3.8, 4) is 17.0 Å². The summed E-state index contributed by atoms with van der Waals surface area (Å²) in [5, 5.41) is 8.16. The van der Waals surface area contributed by atoms with Crippen LogP contribution in [0.1, 0.15) is 27.2 Å². The zero-order chi connectivity index (χ0) is 20.2. The lowest BCUT2D eigenvalue weighted by molar-refractivity contribution is 0.00886. The molecule has 0 saturated carbocycles. The van der Waals surface area contributed by atoms with Gasteiger partial charge in [0.1, 0.15) is 5.75 Å². The summed E-state index contributed by atoms with van der Waals surface area (Å²) in [6.07, 6.45) is 2.79. The van der Waals surface area contributed by atoms with Gasteiger partial charge in [-0.05, 0) is 24.0 Å². The molecular weight excluding hydrogens is 358 g/mol. The van der Waals surface area contributed by atoms with Gasteiger partial charge in [0.05, 0.1) is 58.6 Å². The summed E-state index contributed by atoms with van der Waals surface area (Å²) >= 11 is 0. The van der Waals surface area contributed by atoms with Gasteiger partial charge in [-0.15, -0.1) is 5.10 Å². The number of hydrogen-bond acceptors (Lipinski definition) is 6. The molecule has 0 N–H and O–H groups in total. The van der Waals surface area contributed by atoms with E-state index in [-0.39, 0.29) is 0 Å². The van der Waals surface area contributed by atoms with Gasteiger partial charge in [0, 0.05) is 12.2 Å². The quantitative estimate of drug-likeness (QED) is 0.487. The highest BCUT2D eigenvalue weighted by atomic mass is 16.5. The van der Waals surface area contributed by atoms with Gasteiger partial charge in [0.25, 0.3) is 0 Å². The molecule has 1 aromatic carbocycles. The van der Waals surface area contributed by atoms with Gasteiger partial charge in [-0.1, -0.05) is 38.1 Å². The second-order valence-electron chi connectivity index (χ2n) is 7.69. The fourth-order valence-corrected chi connectivity index (χ4v) is 2.56. The van der Waals surface area contributed by atoms with E-state index in [1.54, 1.807) is 13.3 Å². The number of nitrogens with zero attached hydrogens (tertiary/aromatic N) is 3. The first-order valence-electron chi connectivity index (χ1n) is 9.76. The Morgan fingerprint density at radius 1 is 0.893 bits per heavy atom.